The van der Waals surface area contributed by atoms with E-state index in [9.17, 15) is 4.79 Å². The number of carbonyl (C=O) groups excluding carboxylic acids is 1. The van der Waals surface area contributed by atoms with Gasteiger partial charge in [-0.15, -0.1) is 0 Å². The molecule has 2 aliphatic carbocycles. The maximum Gasteiger partial charge on any atom is 0.144 e. The molecule has 1 unspecified atom stereocenters. The molecule has 1 nitrogen and oxygen atoms in total. The maximum atomic E-state index is 12.0. The summed E-state index contributed by atoms with van der Waals surface area (Å²) in [6, 6.07) is 0. The van der Waals surface area contributed by atoms with Gasteiger partial charge in [0.25, 0.3) is 0 Å². The van der Waals surface area contributed by atoms with Crippen molar-refractivity contribution in [1.82, 2.24) is 0 Å². The highest BCUT2D eigenvalue weighted by Crippen LogP contribution is 2.58. The van der Waals surface area contributed by atoms with E-state index in [2.05, 4.69) is 12.5 Å². The minimum Gasteiger partial charge on any atom is -0.299 e. The summed E-state index contributed by atoms with van der Waals surface area (Å²) in [5.41, 5.74) is 0. The maximum absolute atomic E-state index is 12.0. The Morgan fingerprint density at radius 2 is 1.60 bits per heavy atom. The van der Waals surface area contributed by atoms with Crippen molar-refractivity contribution in [3.05, 3.63) is 0 Å². The van der Waals surface area contributed by atoms with Crippen LogP contribution in [0.4, 0.5) is 0 Å². The Labute approximate surface area is 95.3 Å². The van der Waals surface area contributed by atoms with Crippen LogP contribution in [0.3, 0.4) is 0 Å². The first kappa shape index (κ1) is 11.5. The lowest BCUT2D eigenvalue weighted by Crippen LogP contribution is -2.34. The molecule has 0 aromatic heterocycles. The molecule has 0 heterocycles. The van der Waals surface area contributed by atoms with E-state index in [0.717, 1.165) is 18.1 Å². The van der Waals surface area contributed by atoms with Crippen LogP contribution in [0, 0.1) is 0 Å². The molecular weight excluding hydrogens is 204 g/mol. The second-order valence-corrected chi connectivity index (χ2v) is 9.80. The van der Waals surface area contributed by atoms with Gasteiger partial charge in [-0.25, -0.2) is 10.0 Å². The second-order valence-electron chi connectivity index (χ2n) is 5.59. The summed E-state index contributed by atoms with van der Waals surface area (Å²) in [6.07, 6.45) is 15.0. The first-order valence-corrected chi connectivity index (χ1v) is 8.93. The number of Topliss-reactive ketones (excluding diaryl/α,β-unsaturated/α-hetero) is 1. The standard InChI is InChI=1S/C13H24OS/c1-15(2,11-7-3-4-8-11)13-10-6-5-9-12(13)14/h11,13H,3-10H2,1-2H3. The SMILES string of the molecule is CS(C)(C1CCCC1)C1CCCCC1=O. The highest BCUT2D eigenvalue weighted by Gasteiger charge is 2.38. The quantitative estimate of drug-likeness (QED) is 0.707. The number of hydrogen-bond acceptors (Lipinski definition) is 1. The molecule has 88 valence electrons. The third-order valence-electron chi connectivity index (χ3n) is 4.39. The van der Waals surface area contributed by atoms with Crippen LogP contribution in [0.1, 0.15) is 51.4 Å². The van der Waals surface area contributed by atoms with Gasteiger partial charge in [0.1, 0.15) is 5.78 Å². The second kappa shape index (κ2) is 4.48. The molecule has 0 bridgehead atoms. The fourth-order valence-electron chi connectivity index (χ4n) is 3.32. The molecule has 2 rings (SSSR count). The van der Waals surface area contributed by atoms with Gasteiger partial charge >= 0.3 is 0 Å². The van der Waals surface area contributed by atoms with Gasteiger partial charge in [0, 0.05) is 11.7 Å². The Morgan fingerprint density at radius 3 is 2.20 bits per heavy atom. The van der Waals surface area contributed by atoms with E-state index in [4.69, 9.17) is 0 Å². The summed E-state index contributed by atoms with van der Waals surface area (Å²) >= 11 is 0. The van der Waals surface area contributed by atoms with Crippen molar-refractivity contribution in [3.8, 4) is 0 Å². The number of ketones is 1. The normalized spacial score (nSPS) is 30.8. The zero-order valence-corrected chi connectivity index (χ0v) is 10.9. The molecule has 0 aliphatic heterocycles. The van der Waals surface area contributed by atoms with Crippen molar-refractivity contribution in [2.75, 3.05) is 12.5 Å². The van der Waals surface area contributed by atoms with Gasteiger partial charge in [0.2, 0.25) is 0 Å². The molecule has 2 aliphatic rings. The summed E-state index contributed by atoms with van der Waals surface area (Å²) in [5, 5.41) is 1.35. The van der Waals surface area contributed by atoms with Crippen LogP contribution in [0.5, 0.6) is 0 Å². The molecule has 15 heavy (non-hydrogen) atoms. The van der Waals surface area contributed by atoms with Crippen molar-refractivity contribution in [2.24, 2.45) is 0 Å². The highest BCUT2D eigenvalue weighted by atomic mass is 32.3. The van der Waals surface area contributed by atoms with Crippen molar-refractivity contribution in [3.63, 3.8) is 0 Å². The van der Waals surface area contributed by atoms with Gasteiger partial charge in [-0.2, -0.15) is 0 Å². The van der Waals surface area contributed by atoms with Crippen molar-refractivity contribution < 1.29 is 4.79 Å². The summed E-state index contributed by atoms with van der Waals surface area (Å²) < 4.78 is 0. The lowest BCUT2D eigenvalue weighted by atomic mass is 9.99. The predicted octanol–water partition coefficient (Wildman–Crippen LogP) is 3.50. The molecule has 2 heteroatoms. The molecule has 0 N–H and O–H groups in total. The van der Waals surface area contributed by atoms with E-state index in [1.807, 2.05) is 0 Å². The third-order valence-corrected chi connectivity index (χ3v) is 8.55. The van der Waals surface area contributed by atoms with Crippen LogP contribution in [0.25, 0.3) is 0 Å². The Hall–Kier alpha value is 0.0200. The summed E-state index contributed by atoms with van der Waals surface area (Å²) in [4.78, 5) is 12.0. The molecule has 1 atom stereocenters. The summed E-state index contributed by atoms with van der Waals surface area (Å²) in [7, 11) is -0.660. The average molecular weight is 228 g/mol. The van der Waals surface area contributed by atoms with Gasteiger partial charge in [-0.3, -0.25) is 4.79 Å². The van der Waals surface area contributed by atoms with E-state index in [-0.39, 0.29) is 0 Å². The van der Waals surface area contributed by atoms with E-state index in [1.54, 1.807) is 0 Å². The van der Waals surface area contributed by atoms with Crippen LogP contribution in [0.2, 0.25) is 0 Å². The van der Waals surface area contributed by atoms with E-state index >= 15 is 0 Å². The number of rotatable bonds is 2. The minimum absolute atomic E-state index is 0.453. The lowest BCUT2D eigenvalue weighted by Gasteiger charge is -2.45. The number of hydrogen-bond donors (Lipinski definition) is 0. The van der Waals surface area contributed by atoms with Gasteiger partial charge in [0.15, 0.2) is 0 Å². The molecule has 0 amide bonds. The van der Waals surface area contributed by atoms with Gasteiger partial charge in [0.05, 0.1) is 0 Å². The highest BCUT2D eigenvalue weighted by molar-refractivity contribution is 8.34. The number of carbonyl (C=O) groups is 1. The topological polar surface area (TPSA) is 17.1 Å². The molecule has 0 aromatic carbocycles. The van der Waals surface area contributed by atoms with Gasteiger partial charge in [-0.05, 0) is 43.4 Å². The van der Waals surface area contributed by atoms with Gasteiger partial charge in [-0.1, -0.05) is 19.3 Å². The van der Waals surface area contributed by atoms with Crippen LogP contribution >= 0.6 is 10.0 Å². The first-order valence-electron chi connectivity index (χ1n) is 6.36. The zero-order chi connectivity index (χ0) is 10.9. The third kappa shape index (κ3) is 2.25. The molecule has 0 radical (unpaired) electrons. The first-order chi connectivity index (χ1) is 7.12. The van der Waals surface area contributed by atoms with Crippen molar-refractivity contribution in [2.45, 2.75) is 61.9 Å². The Balaban J connectivity index is 2.08. The molecule has 0 saturated heterocycles. The largest absolute Gasteiger partial charge is 0.299 e. The van der Waals surface area contributed by atoms with Crippen molar-refractivity contribution in [1.29, 1.82) is 0 Å². The average Bonchev–Trinajstić information content (AvgIpc) is 2.71. The van der Waals surface area contributed by atoms with Crippen LogP contribution in [-0.4, -0.2) is 28.8 Å². The van der Waals surface area contributed by atoms with Crippen LogP contribution in [-0.2, 0) is 4.79 Å². The lowest BCUT2D eigenvalue weighted by molar-refractivity contribution is -0.119. The fourth-order valence-corrected chi connectivity index (χ4v) is 6.90. The Morgan fingerprint density at radius 1 is 1.00 bits per heavy atom. The molecule has 0 spiro atoms. The molecular formula is C13H24OS. The molecule has 2 fully saturated rings. The van der Waals surface area contributed by atoms with Gasteiger partial charge < -0.3 is 0 Å². The molecule has 2 saturated carbocycles. The smallest absolute Gasteiger partial charge is 0.144 e. The van der Waals surface area contributed by atoms with Crippen LogP contribution in [0.15, 0.2) is 0 Å². The Kier molecular flexibility index (Phi) is 3.44. The summed E-state index contributed by atoms with van der Waals surface area (Å²) in [6.45, 7) is 0. The predicted molar refractivity (Wildman–Crippen MR) is 69.0 cm³/mol. The minimum atomic E-state index is -0.660. The van der Waals surface area contributed by atoms with E-state index in [0.29, 0.717) is 11.0 Å². The zero-order valence-electron chi connectivity index (χ0n) is 10.1. The summed E-state index contributed by atoms with van der Waals surface area (Å²) in [5.74, 6) is 0.591. The fraction of sp³-hybridized carbons (Fsp3) is 0.923. The monoisotopic (exact) mass is 228 g/mol. The van der Waals surface area contributed by atoms with E-state index in [1.165, 1.54) is 38.5 Å². The van der Waals surface area contributed by atoms with Crippen molar-refractivity contribution >= 4 is 15.8 Å². The Bertz CT molecular complexity index is 241. The molecule has 0 aromatic rings. The van der Waals surface area contributed by atoms with E-state index < -0.39 is 10.0 Å². The van der Waals surface area contributed by atoms with Crippen LogP contribution < -0.4 is 0 Å².